The Morgan fingerprint density at radius 2 is 1.12 bits per heavy atom. The standard InChI is InChI=1S/C24H14/c1-2-6-18-15(4-1)10-11-20-19(18)12-13-21-22-7-3-5-16-8-9-17(24(16)22)14-23(20)21/h1-14H. The Morgan fingerprint density at radius 3 is 2.08 bits per heavy atom. The van der Waals surface area contributed by atoms with E-state index in [1.165, 1.54) is 54.2 Å². The summed E-state index contributed by atoms with van der Waals surface area (Å²) in [5, 5.41) is 10.8. The van der Waals surface area contributed by atoms with E-state index in [0.717, 1.165) is 0 Å². The van der Waals surface area contributed by atoms with Gasteiger partial charge in [0.1, 0.15) is 0 Å². The van der Waals surface area contributed by atoms with Crippen molar-refractivity contribution in [1.82, 2.24) is 0 Å². The summed E-state index contributed by atoms with van der Waals surface area (Å²) < 4.78 is 0. The summed E-state index contributed by atoms with van der Waals surface area (Å²) in [4.78, 5) is 0. The molecule has 0 radical (unpaired) electrons. The minimum Gasteiger partial charge on any atom is -0.0616 e. The Bertz CT molecular complexity index is 1340. The maximum atomic E-state index is 2.36. The van der Waals surface area contributed by atoms with Crippen molar-refractivity contribution in [3.8, 4) is 0 Å². The van der Waals surface area contributed by atoms with Crippen LogP contribution in [0.15, 0.2) is 72.8 Å². The summed E-state index contributed by atoms with van der Waals surface area (Å²) in [6.07, 6.45) is 4.48. The normalized spacial score (nSPS) is 12.8. The van der Waals surface area contributed by atoms with Gasteiger partial charge in [0.15, 0.2) is 0 Å². The number of hydrogen-bond donors (Lipinski definition) is 0. The Labute approximate surface area is 139 Å². The molecule has 0 aliphatic heterocycles. The lowest BCUT2D eigenvalue weighted by Gasteiger charge is -2.11. The average molecular weight is 302 g/mol. The van der Waals surface area contributed by atoms with E-state index in [9.17, 15) is 0 Å². The molecule has 1 aliphatic rings. The first kappa shape index (κ1) is 12.3. The molecule has 0 saturated heterocycles. The lowest BCUT2D eigenvalue weighted by atomic mass is 9.92. The van der Waals surface area contributed by atoms with E-state index in [4.69, 9.17) is 0 Å². The minimum atomic E-state index is 1.30. The van der Waals surface area contributed by atoms with Gasteiger partial charge in [0.2, 0.25) is 0 Å². The number of benzene rings is 5. The highest BCUT2D eigenvalue weighted by Crippen LogP contribution is 2.40. The molecule has 0 heteroatoms. The smallest absolute Gasteiger partial charge is 0.00324 e. The average Bonchev–Trinajstić information content (AvgIpc) is 3.06. The molecule has 0 N–H and O–H groups in total. The van der Waals surface area contributed by atoms with E-state index in [1.807, 2.05) is 0 Å². The van der Waals surface area contributed by atoms with Crippen LogP contribution in [0.2, 0.25) is 0 Å². The van der Waals surface area contributed by atoms with Crippen LogP contribution in [0.25, 0.3) is 55.2 Å². The topological polar surface area (TPSA) is 0 Å². The van der Waals surface area contributed by atoms with Crippen molar-refractivity contribution in [2.24, 2.45) is 0 Å². The molecule has 0 atom stereocenters. The zero-order valence-electron chi connectivity index (χ0n) is 13.1. The predicted molar refractivity (Wildman–Crippen MR) is 105 cm³/mol. The summed E-state index contributed by atoms with van der Waals surface area (Å²) in [5.74, 6) is 0. The van der Waals surface area contributed by atoms with E-state index >= 15 is 0 Å². The maximum Gasteiger partial charge on any atom is -0.00324 e. The van der Waals surface area contributed by atoms with Crippen LogP contribution >= 0.6 is 0 Å². The summed E-state index contributed by atoms with van der Waals surface area (Å²) in [6, 6.07) is 26.7. The van der Waals surface area contributed by atoms with Crippen LogP contribution in [-0.2, 0) is 0 Å². The molecule has 0 heterocycles. The van der Waals surface area contributed by atoms with Crippen LogP contribution in [0.5, 0.6) is 0 Å². The fraction of sp³-hybridized carbons (Fsp3) is 0. The van der Waals surface area contributed by atoms with E-state index in [-0.39, 0.29) is 0 Å². The van der Waals surface area contributed by atoms with Crippen LogP contribution in [0.4, 0.5) is 0 Å². The Morgan fingerprint density at radius 1 is 0.417 bits per heavy atom. The van der Waals surface area contributed by atoms with E-state index in [1.54, 1.807) is 0 Å². The molecule has 5 aromatic rings. The molecule has 0 nitrogen and oxygen atoms in total. The molecule has 0 amide bonds. The highest BCUT2D eigenvalue weighted by Gasteiger charge is 2.13. The molecular weight excluding hydrogens is 288 g/mol. The molecule has 24 heavy (non-hydrogen) atoms. The molecule has 0 aromatic heterocycles. The van der Waals surface area contributed by atoms with Crippen molar-refractivity contribution >= 4 is 55.2 Å². The van der Waals surface area contributed by atoms with Gasteiger partial charge < -0.3 is 0 Å². The fourth-order valence-electron chi connectivity index (χ4n) is 4.30. The van der Waals surface area contributed by atoms with Crippen molar-refractivity contribution in [3.05, 3.63) is 83.9 Å². The fourth-order valence-corrected chi connectivity index (χ4v) is 4.30. The molecule has 0 fully saturated rings. The van der Waals surface area contributed by atoms with Crippen molar-refractivity contribution in [2.75, 3.05) is 0 Å². The van der Waals surface area contributed by atoms with Gasteiger partial charge in [-0.15, -0.1) is 0 Å². The lowest BCUT2D eigenvalue weighted by Crippen LogP contribution is -1.85. The van der Waals surface area contributed by atoms with Crippen LogP contribution in [-0.4, -0.2) is 0 Å². The number of hydrogen-bond acceptors (Lipinski definition) is 0. The highest BCUT2D eigenvalue weighted by atomic mass is 14.2. The molecule has 5 aromatic carbocycles. The molecule has 110 valence electrons. The second-order valence-corrected chi connectivity index (χ2v) is 6.61. The van der Waals surface area contributed by atoms with Gasteiger partial charge in [-0.25, -0.2) is 0 Å². The van der Waals surface area contributed by atoms with Crippen molar-refractivity contribution < 1.29 is 0 Å². The van der Waals surface area contributed by atoms with Gasteiger partial charge in [-0.05, 0) is 60.3 Å². The second kappa shape index (κ2) is 4.24. The molecule has 1 aliphatic carbocycles. The van der Waals surface area contributed by atoms with Crippen molar-refractivity contribution in [3.63, 3.8) is 0 Å². The third-order valence-corrected chi connectivity index (χ3v) is 5.39. The van der Waals surface area contributed by atoms with Crippen molar-refractivity contribution in [2.45, 2.75) is 0 Å². The monoisotopic (exact) mass is 302 g/mol. The van der Waals surface area contributed by atoms with E-state index in [2.05, 4.69) is 84.9 Å². The predicted octanol–water partition coefficient (Wildman–Crippen LogP) is 6.78. The molecule has 0 spiro atoms. The van der Waals surface area contributed by atoms with Gasteiger partial charge in [0, 0.05) is 0 Å². The van der Waals surface area contributed by atoms with Gasteiger partial charge in [0.05, 0.1) is 0 Å². The molecule has 0 saturated carbocycles. The van der Waals surface area contributed by atoms with Crippen LogP contribution < -0.4 is 0 Å². The van der Waals surface area contributed by atoms with Gasteiger partial charge in [0.25, 0.3) is 0 Å². The largest absolute Gasteiger partial charge is 0.0616 e. The van der Waals surface area contributed by atoms with E-state index in [0.29, 0.717) is 0 Å². The summed E-state index contributed by atoms with van der Waals surface area (Å²) >= 11 is 0. The quantitative estimate of drug-likeness (QED) is 0.271. The first-order valence-electron chi connectivity index (χ1n) is 8.38. The lowest BCUT2D eigenvalue weighted by molar-refractivity contribution is 1.75. The summed E-state index contributed by atoms with van der Waals surface area (Å²) in [7, 11) is 0. The first-order valence-corrected chi connectivity index (χ1v) is 8.38. The zero-order valence-corrected chi connectivity index (χ0v) is 13.1. The maximum absolute atomic E-state index is 2.36. The minimum absolute atomic E-state index is 1.30. The number of fused-ring (bicyclic) bond motifs is 6. The molecule has 0 unspecified atom stereocenters. The molecular formula is C24H14. The summed E-state index contributed by atoms with van der Waals surface area (Å²) in [6.45, 7) is 0. The van der Waals surface area contributed by atoms with Crippen LogP contribution in [0.3, 0.4) is 0 Å². The van der Waals surface area contributed by atoms with Crippen LogP contribution in [0, 0.1) is 0 Å². The third kappa shape index (κ3) is 1.43. The Hall–Kier alpha value is -3.12. The van der Waals surface area contributed by atoms with Gasteiger partial charge >= 0.3 is 0 Å². The van der Waals surface area contributed by atoms with Gasteiger partial charge in [-0.1, -0.05) is 78.9 Å². The van der Waals surface area contributed by atoms with Gasteiger partial charge in [-0.2, -0.15) is 0 Å². The third-order valence-electron chi connectivity index (χ3n) is 5.39. The second-order valence-electron chi connectivity index (χ2n) is 6.61. The van der Waals surface area contributed by atoms with Gasteiger partial charge in [-0.3, -0.25) is 0 Å². The number of rotatable bonds is 0. The summed E-state index contributed by atoms with van der Waals surface area (Å²) in [5.41, 5.74) is 2.68. The molecule has 0 bridgehead atoms. The SMILES string of the molecule is C1=Cc2cc3c(ccc4c5ccccc5ccc43)c3cccc1c23. The Balaban J connectivity index is 1.90. The van der Waals surface area contributed by atoms with Crippen LogP contribution in [0.1, 0.15) is 11.1 Å². The molecule has 6 rings (SSSR count). The highest BCUT2D eigenvalue weighted by molar-refractivity contribution is 6.25. The van der Waals surface area contributed by atoms with E-state index < -0.39 is 0 Å². The Kier molecular flexibility index (Phi) is 2.18. The van der Waals surface area contributed by atoms with Crippen molar-refractivity contribution in [1.29, 1.82) is 0 Å². The first-order chi connectivity index (χ1) is 11.9. The zero-order chi connectivity index (χ0) is 15.7.